The van der Waals surface area contributed by atoms with Crippen molar-refractivity contribution in [3.63, 3.8) is 0 Å². The normalized spacial score (nSPS) is 10.5. The highest BCUT2D eigenvalue weighted by atomic mass is 32.2. The molecule has 0 bridgehead atoms. The predicted molar refractivity (Wildman–Crippen MR) is 47.5 cm³/mol. The SMILES string of the molecule is O=C(O)C=CSc1nccc(=O)[nH]1. The van der Waals surface area contributed by atoms with Crippen molar-refractivity contribution < 1.29 is 9.90 Å². The molecule has 6 heteroatoms. The molecule has 1 heterocycles. The van der Waals surface area contributed by atoms with E-state index in [0.29, 0.717) is 5.16 Å². The lowest BCUT2D eigenvalue weighted by Crippen LogP contribution is -2.04. The van der Waals surface area contributed by atoms with Crippen LogP contribution in [0.5, 0.6) is 0 Å². The van der Waals surface area contributed by atoms with E-state index >= 15 is 0 Å². The summed E-state index contributed by atoms with van der Waals surface area (Å²) in [4.78, 5) is 27.0. The van der Waals surface area contributed by atoms with Crippen molar-refractivity contribution in [3.05, 3.63) is 34.1 Å². The summed E-state index contributed by atoms with van der Waals surface area (Å²) < 4.78 is 0. The summed E-state index contributed by atoms with van der Waals surface area (Å²) in [5.41, 5.74) is -0.263. The molecular weight excluding hydrogens is 192 g/mol. The fourth-order valence-corrected chi connectivity index (χ4v) is 1.16. The summed E-state index contributed by atoms with van der Waals surface area (Å²) >= 11 is 1.03. The van der Waals surface area contributed by atoms with Gasteiger partial charge in [-0.15, -0.1) is 0 Å². The number of carboxylic acid groups (broad SMARTS) is 1. The van der Waals surface area contributed by atoms with Gasteiger partial charge in [0.15, 0.2) is 5.16 Å². The number of aromatic amines is 1. The Labute approximate surface area is 77.5 Å². The molecule has 0 radical (unpaired) electrons. The van der Waals surface area contributed by atoms with Crippen molar-refractivity contribution in [3.8, 4) is 0 Å². The first kappa shape index (κ1) is 9.53. The third kappa shape index (κ3) is 3.57. The average Bonchev–Trinajstić information content (AvgIpc) is 2.03. The predicted octanol–water partition coefficient (Wildman–Crippen LogP) is 0.460. The van der Waals surface area contributed by atoms with Gasteiger partial charge in [-0.1, -0.05) is 11.8 Å². The van der Waals surface area contributed by atoms with Crippen LogP contribution in [0.25, 0.3) is 0 Å². The van der Waals surface area contributed by atoms with E-state index < -0.39 is 5.97 Å². The summed E-state index contributed by atoms with van der Waals surface area (Å²) in [5.74, 6) is -1.04. The molecule has 1 aromatic heterocycles. The van der Waals surface area contributed by atoms with Crippen molar-refractivity contribution in [1.29, 1.82) is 0 Å². The van der Waals surface area contributed by atoms with E-state index in [2.05, 4.69) is 9.97 Å². The first-order valence-corrected chi connectivity index (χ1v) is 4.18. The van der Waals surface area contributed by atoms with Crippen LogP contribution in [-0.2, 0) is 4.79 Å². The van der Waals surface area contributed by atoms with E-state index in [9.17, 15) is 9.59 Å². The van der Waals surface area contributed by atoms with Gasteiger partial charge in [0.05, 0.1) is 0 Å². The molecule has 0 fully saturated rings. The summed E-state index contributed by atoms with van der Waals surface area (Å²) in [7, 11) is 0. The van der Waals surface area contributed by atoms with Crippen LogP contribution in [0.3, 0.4) is 0 Å². The lowest BCUT2D eigenvalue weighted by Gasteiger charge is -1.91. The third-order valence-corrected chi connectivity index (χ3v) is 1.74. The molecule has 0 aliphatic carbocycles. The number of carbonyl (C=O) groups is 1. The van der Waals surface area contributed by atoms with Crippen LogP contribution in [0.4, 0.5) is 0 Å². The minimum atomic E-state index is -1.04. The van der Waals surface area contributed by atoms with Crippen LogP contribution in [0.2, 0.25) is 0 Å². The zero-order chi connectivity index (χ0) is 9.68. The summed E-state index contributed by atoms with van der Waals surface area (Å²) in [5, 5.41) is 9.95. The Bertz CT molecular complexity index is 385. The second-order valence-corrected chi connectivity index (χ2v) is 2.89. The molecule has 0 atom stereocenters. The molecule has 0 saturated carbocycles. The van der Waals surface area contributed by atoms with Gasteiger partial charge in [-0.3, -0.25) is 4.79 Å². The van der Waals surface area contributed by atoms with Crippen LogP contribution in [0.1, 0.15) is 0 Å². The minimum Gasteiger partial charge on any atom is -0.478 e. The summed E-state index contributed by atoms with van der Waals surface area (Å²) in [6, 6.07) is 1.28. The number of nitrogens with zero attached hydrogens (tertiary/aromatic N) is 1. The molecule has 0 aromatic carbocycles. The van der Waals surface area contributed by atoms with Crippen LogP contribution in [0, 0.1) is 0 Å². The van der Waals surface area contributed by atoms with Crippen molar-refractivity contribution >= 4 is 17.7 Å². The number of hydrogen-bond acceptors (Lipinski definition) is 4. The van der Waals surface area contributed by atoms with E-state index in [4.69, 9.17) is 5.11 Å². The maximum Gasteiger partial charge on any atom is 0.328 e. The van der Waals surface area contributed by atoms with Crippen LogP contribution in [-0.4, -0.2) is 21.0 Å². The third-order valence-electron chi connectivity index (χ3n) is 1.04. The zero-order valence-electron chi connectivity index (χ0n) is 6.43. The van der Waals surface area contributed by atoms with Gasteiger partial charge in [0.25, 0.3) is 5.56 Å². The molecule has 1 aromatic rings. The molecule has 2 N–H and O–H groups in total. The van der Waals surface area contributed by atoms with Crippen molar-refractivity contribution in [2.75, 3.05) is 0 Å². The van der Waals surface area contributed by atoms with Gasteiger partial charge in [0.2, 0.25) is 0 Å². The van der Waals surface area contributed by atoms with Gasteiger partial charge in [-0.2, -0.15) is 0 Å². The largest absolute Gasteiger partial charge is 0.478 e. The molecule has 5 nitrogen and oxygen atoms in total. The Morgan fingerprint density at radius 2 is 2.46 bits per heavy atom. The summed E-state index contributed by atoms with van der Waals surface area (Å²) in [6.07, 6.45) is 2.33. The van der Waals surface area contributed by atoms with Crippen molar-refractivity contribution in [2.45, 2.75) is 5.16 Å². The molecule has 13 heavy (non-hydrogen) atoms. The Morgan fingerprint density at radius 1 is 1.69 bits per heavy atom. The Hall–Kier alpha value is -1.56. The number of rotatable bonds is 3. The minimum absolute atomic E-state index is 0.263. The van der Waals surface area contributed by atoms with E-state index in [0.717, 1.165) is 17.8 Å². The van der Waals surface area contributed by atoms with Gasteiger partial charge in [0, 0.05) is 18.3 Å². The van der Waals surface area contributed by atoms with E-state index in [1.165, 1.54) is 17.7 Å². The first-order valence-electron chi connectivity index (χ1n) is 3.30. The molecule has 0 aliphatic rings. The monoisotopic (exact) mass is 198 g/mol. The topological polar surface area (TPSA) is 83.0 Å². The summed E-state index contributed by atoms with van der Waals surface area (Å²) in [6.45, 7) is 0. The van der Waals surface area contributed by atoms with Crippen LogP contribution >= 0.6 is 11.8 Å². The van der Waals surface area contributed by atoms with Gasteiger partial charge in [0.1, 0.15) is 0 Å². The second-order valence-electron chi connectivity index (χ2n) is 2.00. The van der Waals surface area contributed by atoms with Crippen molar-refractivity contribution in [2.24, 2.45) is 0 Å². The van der Waals surface area contributed by atoms with Crippen molar-refractivity contribution in [1.82, 2.24) is 9.97 Å². The molecule has 1 rings (SSSR count). The van der Waals surface area contributed by atoms with Gasteiger partial charge in [-0.05, 0) is 5.41 Å². The van der Waals surface area contributed by atoms with Crippen LogP contribution in [0.15, 0.2) is 33.7 Å². The molecule has 0 saturated heterocycles. The molecular formula is C7H6N2O3S. The molecule has 0 amide bonds. The standard InChI is InChI=1S/C7H6N2O3S/c10-5-1-3-8-7(9-5)13-4-2-6(11)12/h1-4H,(H,11,12)(H,8,9,10). The van der Waals surface area contributed by atoms with Gasteiger partial charge in [-0.25, -0.2) is 9.78 Å². The molecule has 0 spiro atoms. The highest BCUT2D eigenvalue weighted by Crippen LogP contribution is 2.10. The lowest BCUT2D eigenvalue weighted by atomic mass is 10.7. The lowest BCUT2D eigenvalue weighted by molar-refractivity contribution is -0.131. The smallest absolute Gasteiger partial charge is 0.328 e. The number of hydrogen-bond donors (Lipinski definition) is 2. The highest BCUT2D eigenvalue weighted by Gasteiger charge is 1.92. The Morgan fingerprint density at radius 3 is 3.08 bits per heavy atom. The quantitative estimate of drug-likeness (QED) is 0.419. The molecule has 68 valence electrons. The maximum absolute atomic E-state index is 10.7. The Kier molecular flexibility index (Phi) is 3.27. The maximum atomic E-state index is 10.7. The first-order chi connectivity index (χ1) is 6.18. The number of carboxylic acids is 1. The van der Waals surface area contributed by atoms with E-state index in [-0.39, 0.29) is 5.56 Å². The van der Waals surface area contributed by atoms with Crippen LogP contribution < -0.4 is 5.56 Å². The fraction of sp³-hybridized carbons (Fsp3) is 0. The number of thioether (sulfide) groups is 1. The zero-order valence-corrected chi connectivity index (χ0v) is 7.25. The Balaban J connectivity index is 2.65. The van der Waals surface area contributed by atoms with E-state index in [1.54, 1.807) is 0 Å². The number of aromatic nitrogens is 2. The van der Waals surface area contributed by atoms with E-state index in [1.807, 2.05) is 0 Å². The second kappa shape index (κ2) is 4.46. The average molecular weight is 198 g/mol. The molecule has 0 unspecified atom stereocenters. The number of H-pyrrole nitrogens is 1. The van der Waals surface area contributed by atoms with Gasteiger partial charge >= 0.3 is 5.97 Å². The highest BCUT2D eigenvalue weighted by molar-refractivity contribution is 8.02. The number of nitrogens with one attached hydrogen (secondary N) is 1. The van der Waals surface area contributed by atoms with Gasteiger partial charge < -0.3 is 10.1 Å². The number of aliphatic carboxylic acids is 1. The molecule has 0 aliphatic heterocycles. The fourth-order valence-electron chi connectivity index (χ4n) is 0.569.